The van der Waals surface area contributed by atoms with Crippen molar-refractivity contribution in [3.05, 3.63) is 50.0 Å². The molecule has 0 fully saturated rings. The first-order valence-corrected chi connectivity index (χ1v) is 8.35. The van der Waals surface area contributed by atoms with Crippen LogP contribution in [0.2, 0.25) is 0 Å². The molecular formula is C19H22N2O3. The molecule has 1 aromatic carbocycles. The Morgan fingerprint density at radius 1 is 1.04 bits per heavy atom. The van der Waals surface area contributed by atoms with Crippen molar-refractivity contribution in [2.24, 2.45) is 7.05 Å². The summed E-state index contributed by atoms with van der Waals surface area (Å²) in [5, 5.41) is 2.02. The monoisotopic (exact) mass is 326 g/mol. The van der Waals surface area contributed by atoms with E-state index in [0.29, 0.717) is 5.75 Å². The molecular weight excluding hydrogens is 304 g/mol. The number of ether oxygens (including phenoxy) is 1. The van der Waals surface area contributed by atoms with E-state index in [2.05, 4.69) is 6.07 Å². The lowest BCUT2D eigenvalue weighted by Crippen LogP contribution is -2.19. The Balaban J connectivity index is 0.000000815. The predicted molar refractivity (Wildman–Crippen MR) is 97.0 cm³/mol. The maximum atomic E-state index is 12.2. The van der Waals surface area contributed by atoms with Crippen molar-refractivity contribution >= 4 is 21.8 Å². The summed E-state index contributed by atoms with van der Waals surface area (Å²) in [7, 11) is 1.74. The summed E-state index contributed by atoms with van der Waals surface area (Å²) in [6.07, 6.45) is 0.780. The SMILES string of the molecule is CC.CCc1cc(=O)n2c3c(c4c(cc13)c(C)cc(=O)n4C)OC2. The molecule has 0 amide bonds. The lowest BCUT2D eigenvalue weighted by atomic mass is 10.0. The zero-order valence-electron chi connectivity index (χ0n) is 14.8. The molecule has 2 aromatic heterocycles. The average Bonchev–Trinajstić information content (AvgIpc) is 3.03. The first-order valence-electron chi connectivity index (χ1n) is 8.35. The van der Waals surface area contributed by atoms with Crippen LogP contribution in [0.3, 0.4) is 0 Å². The molecule has 3 aromatic rings. The van der Waals surface area contributed by atoms with Gasteiger partial charge in [-0.15, -0.1) is 0 Å². The molecule has 24 heavy (non-hydrogen) atoms. The zero-order chi connectivity index (χ0) is 17.6. The highest BCUT2D eigenvalue weighted by Gasteiger charge is 2.23. The first-order chi connectivity index (χ1) is 11.5. The van der Waals surface area contributed by atoms with Crippen LogP contribution in [0.15, 0.2) is 27.8 Å². The topological polar surface area (TPSA) is 53.2 Å². The van der Waals surface area contributed by atoms with Gasteiger partial charge in [0.1, 0.15) is 0 Å². The fraction of sp³-hybridized carbons (Fsp3) is 0.368. The van der Waals surface area contributed by atoms with Gasteiger partial charge in [-0.1, -0.05) is 20.8 Å². The second kappa shape index (κ2) is 5.82. The Kier molecular flexibility index (Phi) is 3.95. The zero-order valence-corrected chi connectivity index (χ0v) is 14.8. The van der Waals surface area contributed by atoms with Crippen LogP contribution in [-0.2, 0) is 20.2 Å². The van der Waals surface area contributed by atoms with Gasteiger partial charge in [0.15, 0.2) is 12.5 Å². The summed E-state index contributed by atoms with van der Waals surface area (Å²) in [6, 6.07) is 5.40. The van der Waals surface area contributed by atoms with Crippen molar-refractivity contribution in [3.8, 4) is 5.75 Å². The van der Waals surface area contributed by atoms with Crippen LogP contribution in [0.1, 0.15) is 31.9 Å². The van der Waals surface area contributed by atoms with Crippen molar-refractivity contribution < 1.29 is 4.74 Å². The van der Waals surface area contributed by atoms with Crippen molar-refractivity contribution in [3.63, 3.8) is 0 Å². The van der Waals surface area contributed by atoms with Gasteiger partial charge in [0.05, 0.1) is 11.0 Å². The summed E-state index contributed by atoms with van der Waals surface area (Å²) in [5.41, 5.74) is 3.37. The van der Waals surface area contributed by atoms with Gasteiger partial charge in [0, 0.05) is 30.0 Å². The second-order valence-corrected chi connectivity index (χ2v) is 5.79. The Labute approximate surface area is 140 Å². The van der Waals surface area contributed by atoms with Crippen LogP contribution in [0.5, 0.6) is 5.75 Å². The van der Waals surface area contributed by atoms with Crippen LogP contribution in [-0.4, -0.2) is 9.13 Å². The molecule has 4 rings (SSSR count). The van der Waals surface area contributed by atoms with Crippen LogP contribution >= 0.6 is 0 Å². The van der Waals surface area contributed by atoms with Gasteiger partial charge in [-0.2, -0.15) is 0 Å². The fourth-order valence-electron chi connectivity index (χ4n) is 3.36. The van der Waals surface area contributed by atoms with Crippen LogP contribution in [0, 0.1) is 6.92 Å². The largest absolute Gasteiger partial charge is 0.468 e. The molecule has 0 aliphatic carbocycles. The van der Waals surface area contributed by atoms with Gasteiger partial charge >= 0.3 is 0 Å². The summed E-state index contributed by atoms with van der Waals surface area (Å²) < 4.78 is 9.03. The van der Waals surface area contributed by atoms with E-state index in [0.717, 1.165) is 39.4 Å². The van der Waals surface area contributed by atoms with Crippen LogP contribution < -0.4 is 15.9 Å². The summed E-state index contributed by atoms with van der Waals surface area (Å²) in [5.74, 6) is 0.642. The molecule has 1 aliphatic rings. The van der Waals surface area contributed by atoms with Gasteiger partial charge in [0.25, 0.3) is 11.1 Å². The van der Waals surface area contributed by atoms with Gasteiger partial charge in [-0.05, 0) is 30.5 Å². The number of benzene rings is 1. The quantitative estimate of drug-likeness (QED) is 0.646. The van der Waals surface area contributed by atoms with Gasteiger partial charge < -0.3 is 9.30 Å². The smallest absolute Gasteiger partial charge is 0.254 e. The molecule has 0 bridgehead atoms. The highest BCUT2D eigenvalue weighted by molar-refractivity contribution is 6.05. The molecule has 5 heteroatoms. The van der Waals surface area contributed by atoms with Gasteiger partial charge in [-0.3, -0.25) is 14.2 Å². The first kappa shape index (κ1) is 16.3. The molecule has 0 saturated heterocycles. The van der Waals surface area contributed by atoms with E-state index in [4.69, 9.17) is 4.74 Å². The van der Waals surface area contributed by atoms with E-state index in [1.807, 2.05) is 27.7 Å². The maximum Gasteiger partial charge on any atom is 0.254 e. The molecule has 126 valence electrons. The van der Waals surface area contributed by atoms with E-state index in [1.54, 1.807) is 28.3 Å². The minimum absolute atomic E-state index is 0.0555. The minimum Gasteiger partial charge on any atom is -0.468 e. The average molecular weight is 326 g/mol. The number of rotatable bonds is 1. The van der Waals surface area contributed by atoms with Gasteiger partial charge in [0.2, 0.25) is 0 Å². The minimum atomic E-state index is -0.0726. The molecule has 5 nitrogen and oxygen atoms in total. The van der Waals surface area contributed by atoms with Crippen molar-refractivity contribution in [1.82, 2.24) is 9.13 Å². The van der Waals surface area contributed by atoms with E-state index in [-0.39, 0.29) is 17.8 Å². The Hall–Kier alpha value is -2.56. The van der Waals surface area contributed by atoms with E-state index in [9.17, 15) is 9.59 Å². The molecule has 1 aliphatic heterocycles. The van der Waals surface area contributed by atoms with E-state index in [1.165, 1.54) is 0 Å². The number of nitrogens with zero attached hydrogens (tertiary/aromatic N) is 2. The molecule has 0 saturated carbocycles. The molecule has 0 unspecified atom stereocenters. The normalized spacial score (nSPS) is 12.2. The second-order valence-electron chi connectivity index (χ2n) is 5.79. The highest BCUT2D eigenvalue weighted by Crippen LogP contribution is 2.39. The third-order valence-corrected chi connectivity index (χ3v) is 4.56. The standard InChI is InChI=1S/C17H16N2O3.C2H6/c1-4-10-6-14(21)19-8-22-17-15-11(7-12(10)16(17)19)9(2)5-13(20)18(15)3;1-2/h5-7H,4,8H2,1-3H3;1-2H3. The number of pyridine rings is 2. The van der Waals surface area contributed by atoms with Crippen LogP contribution in [0.25, 0.3) is 21.8 Å². The molecule has 3 heterocycles. The maximum absolute atomic E-state index is 12.2. The number of fused-ring (bicyclic) bond motifs is 2. The third kappa shape index (κ3) is 2.08. The summed E-state index contributed by atoms with van der Waals surface area (Å²) in [6.45, 7) is 8.17. The predicted octanol–water partition coefficient (Wildman–Crippen LogP) is 3.10. The van der Waals surface area contributed by atoms with Gasteiger partial charge in [-0.25, -0.2) is 0 Å². The van der Waals surface area contributed by atoms with Crippen LogP contribution in [0.4, 0.5) is 0 Å². The fourth-order valence-corrected chi connectivity index (χ4v) is 3.36. The van der Waals surface area contributed by atoms with Crippen molar-refractivity contribution in [2.45, 2.75) is 40.8 Å². The van der Waals surface area contributed by atoms with E-state index < -0.39 is 0 Å². The number of aryl methyl sites for hydroxylation is 3. The summed E-state index contributed by atoms with van der Waals surface area (Å²) in [4.78, 5) is 24.4. The molecule has 0 atom stereocenters. The molecule has 0 N–H and O–H groups in total. The Morgan fingerprint density at radius 3 is 2.42 bits per heavy atom. The lowest BCUT2D eigenvalue weighted by Gasteiger charge is -2.13. The van der Waals surface area contributed by atoms with Crippen molar-refractivity contribution in [2.75, 3.05) is 0 Å². The van der Waals surface area contributed by atoms with E-state index >= 15 is 0 Å². The Bertz CT molecular complexity index is 1070. The van der Waals surface area contributed by atoms with Crippen molar-refractivity contribution in [1.29, 1.82) is 0 Å². The number of aromatic nitrogens is 2. The summed E-state index contributed by atoms with van der Waals surface area (Å²) >= 11 is 0. The molecule has 0 radical (unpaired) electrons. The number of hydrogen-bond donors (Lipinski definition) is 0. The Morgan fingerprint density at radius 2 is 1.75 bits per heavy atom. The third-order valence-electron chi connectivity index (χ3n) is 4.56. The number of hydrogen-bond acceptors (Lipinski definition) is 3. The highest BCUT2D eigenvalue weighted by atomic mass is 16.5. The molecule has 0 spiro atoms. The lowest BCUT2D eigenvalue weighted by molar-refractivity contribution is 0.268.